The quantitative estimate of drug-likeness (QED) is 0.189. The van der Waals surface area contributed by atoms with Crippen molar-refractivity contribution in [3.05, 3.63) is 126 Å². The molecule has 0 heterocycles. The molecule has 0 atom stereocenters. The monoisotopic (exact) mass is 499 g/mol. The number of carbonyl (C=O) groups excluding carboxylic acids is 3. The summed E-state index contributed by atoms with van der Waals surface area (Å²) in [4.78, 5) is 34.2. The molecule has 0 saturated heterocycles. The first-order valence-electron chi connectivity index (χ1n) is 10.1. The number of benzene rings is 3. The van der Waals surface area contributed by atoms with E-state index in [-0.39, 0.29) is 18.0 Å². The summed E-state index contributed by atoms with van der Waals surface area (Å²) in [5.41, 5.74) is 3.13. The average molecular weight is 499 g/mol. The van der Waals surface area contributed by atoms with Crippen LogP contribution in [0.3, 0.4) is 0 Å². The molecule has 0 N–H and O–H groups in total. The molecule has 3 rings (SSSR count). The Labute approximate surface area is 207 Å². The van der Waals surface area contributed by atoms with Crippen LogP contribution in [-0.4, -0.2) is 17.5 Å². The van der Waals surface area contributed by atoms with Crippen molar-refractivity contribution in [3.63, 3.8) is 0 Å². The van der Waals surface area contributed by atoms with Gasteiger partial charge in [-0.3, -0.25) is 9.59 Å². The fourth-order valence-electron chi connectivity index (χ4n) is 2.62. The number of hydrogen-bond acceptors (Lipinski definition) is 5. The molecule has 0 aromatic heterocycles. The SMILES string of the molecule is C=CC(=O)Cc1cc[c-]cc1.C=CC(=O)Cc1ccc(C(=O)Oc2cc[c-]cc2C)cc1.[O]=[Co]. The second-order valence-electron chi connectivity index (χ2n) is 6.88. The first-order valence-corrected chi connectivity index (χ1v) is 10.5. The van der Waals surface area contributed by atoms with E-state index in [0.717, 1.165) is 16.7 Å². The van der Waals surface area contributed by atoms with Gasteiger partial charge in [-0.25, -0.2) is 4.79 Å². The average Bonchev–Trinajstić information content (AvgIpc) is 2.88. The summed E-state index contributed by atoms with van der Waals surface area (Å²) >= 11 is 2.31. The first kappa shape index (κ1) is 28.3. The predicted molar refractivity (Wildman–Crippen MR) is 125 cm³/mol. The minimum atomic E-state index is -0.425. The molecule has 0 aliphatic rings. The van der Waals surface area contributed by atoms with Gasteiger partial charge < -0.3 is 4.74 Å². The number of allylic oxidation sites excluding steroid dienone is 2. The maximum atomic E-state index is 12.0. The molecule has 0 spiro atoms. The fraction of sp³-hybridized carbons (Fsp3) is 0.107. The summed E-state index contributed by atoms with van der Waals surface area (Å²) in [5, 5.41) is 0. The topological polar surface area (TPSA) is 77.5 Å². The van der Waals surface area contributed by atoms with Crippen molar-refractivity contribution in [2.75, 3.05) is 0 Å². The summed E-state index contributed by atoms with van der Waals surface area (Å²) in [5.74, 6) is 0.0910. The molecule has 0 saturated carbocycles. The number of esters is 1. The molecule has 0 unspecified atom stereocenters. The second kappa shape index (κ2) is 16.0. The third-order valence-electron chi connectivity index (χ3n) is 4.41. The van der Waals surface area contributed by atoms with Crippen LogP contribution in [0.25, 0.3) is 0 Å². The first-order chi connectivity index (χ1) is 16.4. The van der Waals surface area contributed by atoms with Crippen molar-refractivity contribution in [2.24, 2.45) is 0 Å². The third kappa shape index (κ3) is 10.2. The van der Waals surface area contributed by atoms with Crippen LogP contribution >= 0.6 is 0 Å². The van der Waals surface area contributed by atoms with E-state index in [9.17, 15) is 14.4 Å². The van der Waals surface area contributed by atoms with Gasteiger partial charge in [0.1, 0.15) is 0 Å². The summed E-state index contributed by atoms with van der Waals surface area (Å²) in [7, 11) is 0. The molecule has 0 amide bonds. The van der Waals surface area contributed by atoms with Crippen LogP contribution in [-0.2, 0) is 42.0 Å². The summed E-state index contributed by atoms with van der Waals surface area (Å²) in [6.07, 6.45) is 3.36. The fourth-order valence-corrected chi connectivity index (χ4v) is 2.62. The Kier molecular flexibility index (Phi) is 13.3. The second-order valence-corrected chi connectivity index (χ2v) is 6.88. The Morgan fingerprint density at radius 1 is 0.824 bits per heavy atom. The van der Waals surface area contributed by atoms with Crippen molar-refractivity contribution < 1.29 is 38.7 Å². The summed E-state index contributed by atoms with van der Waals surface area (Å²) in [6.45, 7) is 8.68. The molecule has 3 aromatic carbocycles. The van der Waals surface area contributed by atoms with Crippen LogP contribution in [0.5, 0.6) is 5.75 Å². The van der Waals surface area contributed by atoms with Gasteiger partial charge in [0, 0.05) is 18.6 Å². The van der Waals surface area contributed by atoms with Crippen molar-refractivity contribution in [1.29, 1.82) is 0 Å². The van der Waals surface area contributed by atoms with Gasteiger partial charge >= 0.3 is 25.5 Å². The molecule has 34 heavy (non-hydrogen) atoms. The van der Waals surface area contributed by atoms with Crippen molar-refractivity contribution >= 4 is 17.5 Å². The van der Waals surface area contributed by atoms with Gasteiger partial charge in [0.05, 0.1) is 5.56 Å². The molecule has 5 nitrogen and oxygen atoms in total. The molecule has 0 fully saturated rings. The molecule has 0 aliphatic heterocycles. The molecule has 0 bridgehead atoms. The molecular formula is C28H24CoO5-2. The van der Waals surface area contributed by atoms with Crippen LogP contribution in [0.2, 0.25) is 0 Å². The molecule has 0 aliphatic carbocycles. The maximum absolute atomic E-state index is 12.0. The number of ether oxygens (including phenoxy) is 1. The normalized spacial score (nSPS) is 9.24. The van der Waals surface area contributed by atoms with Crippen molar-refractivity contribution in [1.82, 2.24) is 0 Å². The van der Waals surface area contributed by atoms with E-state index >= 15 is 0 Å². The molecule has 177 valence electrons. The van der Waals surface area contributed by atoms with Gasteiger partial charge in [-0.15, -0.1) is 11.6 Å². The molecular weight excluding hydrogens is 475 g/mol. The van der Waals surface area contributed by atoms with E-state index in [1.165, 1.54) is 12.2 Å². The Hall–Kier alpha value is -3.74. The summed E-state index contributed by atoms with van der Waals surface area (Å²) in [6, 6.07) is 25.1. The van der Waals surface area contributed by atoms with E-state index in [1.807, 2.05) is 19.1 Å². The van der Waals surface area contributed by atoms with Gasteiger partial charge in [0.25, 0.3) is 0 Å². The van der Waals surface area contributed by atoms with E-state index < -0.39 is 5.97 Å². The van der Waals surface area contributed by atoms with Gasteiger partial charge in [-0.2, -0.15) is 54.1 Å². The Morgan fingerprint density at radius 3 is 1.82 bits per heavy atom. The zero-order chi connectivity index (χ0) is 25.3. The molecule has 0 radical (unpaired) electrons. The zero-order valence-electron chi connectivity index (χ0n) is 18.7. The standard InChI is InChI=1S/C18H15O3.C10H9O.Co.O/c1-3-16(19)12-14-8-10-15(11-9-14)18(20)21-17-7-5-4-6-13(17)2;1-2-10(11)8-9-6-4-3-5-7-9;;/h3,5-11H,1,12H2,2H3;2,4-7H,1,8H2;;/q2*-1;;. The van der Waals surface area contributed by atoms with E-state index in [1.54, 1.807) is 54.6 Å². The number of rotatable bonds is 8. The van der Waals surface area contributed by atoms with Gasteiger partial charge in [-0.1, -0.05) is 32.2 Å². The van der Waals surface area contributed by atoms with Gasteiger partial charge in [-0.05, 0) is 29.8 Å². The third-order valence-corrected chi connectivity index (χ3v) is 4.41. The van der Waals surface area contributed by atoms with Crippen molar-refractivity contribution in [3.8, 4) is 5.75 Å². The van der Waals surface area contributed by atoms with E-state index in [4.69, 9.17) is 8.60 Å². The van der Waals surface area contributed by atoms with E-state index in [2.05, 4.69) is 41.0 Å². The number of hydrogen-bond donors (Lipinski definition) is 0. The molecule has 3 aromatic rings. The van der Waals surface area contributed by atoms with Crippen molar-refractivity contribution in [2.45, 2.75) is 19.8 Å². The van der Waals surface area contributed by atoms with Gasteiger partial charge in [0.2, 0.25) is 0 Å². The zero-order valence-corrected chi connectivity index (χ0v) is 19.7. The Morgan fingerprint density at radius 2 is 1.32 bits per heavy atom. The van der Waals surface area contributed by atoms with Crippen LogP contribution in [0.1, 0.15) is 27.0 Å². The minimum absolute atomic E-state index is 0.0520. The Bertz CT molecular complexity index is 1110. The van der Waals surface area contributed by atoms with Crippen LogP contribution < -0.4 is 4.74 Å². The van der Waals surface area contributed by atoms with Crippen LogP contribution in [0.4, 0.5) is 0 Å². The number of aryl methyl sites for hydroxylation is 1. The molecule has 6 heteroatoms. The number of ketones is 2. The van der Waals surface area contributed by atoms with E-state index in [0.29, 0.717) is 17.7 Å². The summed E-state index contributed by atoms with van der Waals surface area (Å²) < 4.78 is 13.3. The van der Waals surface area contributed by atoms with Crippen LogP contribution in [0.15, 0.2) is 92.0 Å². The Balaban J connectivity index is 0.000000374. The predicted octanol–water partition coefficient (Wildman–Crippen LogP) is 4.98. The van der Waals surface area contributed by atoms with Gasteiger partial charge in [0.15, 0.2) is 11.6 Å². The van der Waals surface area contributed by atoms with Crippen LogP contribution in [0, 0.1) is 19.1 Å². The number of carbonyl (C=O) groups is 3.